The van der Waals surface area contributed by atoms with Gasteiger partial charge in [-0.05, 0) is 29.2 Å². The van der Waals surface area contributed by atoms with E-state index in [1.54, 1.807) is 12.3 Å². The fourth-order valence-corrected chi connectivity index (χ4v) is 4.53. The zero-order valence-corrected chi connectivity index (χ0v) is 17.7. The maximum Gasteiger partial charge on any atom is 0.247 e. The summed E-state index contributed by atoms with van der Waals surface area (Å²) in [5.41, 5.74) is 9.58. The fraction of sp³-hybridized carbons (Fsp3) is 0.182. The highest BCUT2D eigenvalue weighted by atomic mass is 32.1. The number of thiophene rings is 1. The molecule has 3 heterocycles. The van der Waals surface area contributed by atoms with Crippen molar-refractivity contribution >= 4 is 56.7 Å². The van der Waals surface area contributed by atoms with Crippen molar-refractivity contribution in [1.82, 2.24) is 15.2 Å². The third-order valence-electron chi connectivity index (χ3n) is 4.92. The number of rotatable bonds is 4. The van der Waals surface area contributed by atoms with Gasteiger partial charge in [-0.3, -0.25) is 14.4 Å². The molecule has 0 unspecified atom stereocenters. The minimum Gasteiger partial charge on any atom is -0.383 e. The number of hydrogen-bond acceptors (Lipinski definition) is 6. The lowest BCUT2D eigenvalue weighted by Gasteiger charge is -2.25. The molecular formula is C22H21N5O3S. The summed E-state index contributed by atoms with van der Waals surface area (Å²) < 4.78 is 0.925. The molecule has 8 nitrogen and oxygen atoms in total. The maximum absolute atomic E-state index is 12.4. The number of anilines is 2. The second kappa shape index (κ2) is 8.57. The number of piperazine rings is 1. The lowest BCUT2D eigenvalue weighted by Crippen LogP contribution is -2.49. The van der Waals surface area contributed by atoms with E-state index in [0.717, 1.165) is 32.5 Å². The number of nitrogens with two attached hydrogens (primary N) is 1. The topological polar surface area (TPSA) is 117 Å². The average Bonchev–Trinajstić information content (AvgIpc) is 3.19. The van der Waals surface area contributed by atoms with Crippen molar-refractivity contribution in [3.63, 3.8) is 0 Å². The number of carbonyl (C=O) groups excluding carboxylic acids is 3. The van der Waals surface area contributed by atoms with Crippen LogP contribution in [0.1, 0.15) is 12.5 Å². The molecule has 31 heavy (non-hydrogen) atoms. The van der Waals surface area contributed by atoms with Gasteiger partial charge in [-0.15, -0.1) is 11.3 Å². The number of amides is 3. The first-order chi connectivity index (χ1) is 14.9. The first-order valence-electron chi connectivity index (χ1n) is 9.70. The Bertz CT molecular complexity index is 1200. The predicted octanol–water partition coefficient (Wildman–Crippen LogP) is 2.48. The van der Waals surface area contributed by atoms with E-state index in [-0.39, 0.29) is 24.3 Å². The Morgan fingerprint density at radius 1 is 1.29 bits per heavy atom. The van der Waals surface area contributed by atoms with E-state index in [2.05, 4.69) is 15.6 Å². The van der Waals surface area contributed by atoms with Crippen LogP contribution in [0.5, 0.6) is 0 Å². The van der Waals surface area contributed by atoms with Crippen LogP contribution in [-0.4, -0.2) is 47.2 Å². The zero-order valence-electron chi connectivity index (χ0n) is 16.8. The summed E-state index contributed by atoms with van der Waals surface area (Å²) in [7, 11) is 0. The molecule has 1 aliphatic rings. The van der Waals surface area contributed by atoms with Crippen LogP contribution in [0.2, 0.25) is 0 Å². The number of pyridine rings is 1. The Morgan fingerprint density at radius 2 is 2.06 bits per heavy atom. The second-order valence-electron chi connectivity index (χ2n) is 7.15. The third-order valence-corrected chi connectivity index (χ3v) is 5.95. The number of hydrogen-bond donors (Lipinski definition) is 3. The summed E-state index contributed by atoms with van der Waals surface area (Å²) in [4.78, 5) is 41.0. The van der Waals surface area contributed by atoms with E-state index in [1.807, 2.05) is 29.6 Å². The molecule has 4 N–H and O–H groups in total. The van der Waals surface area contributed by atoms with Crippen LogP contribution in [0, 0.1) is 0 Å². The molecule has 0 aliphatic carbocycles. The van der Waals surface area contributed by atoms with Gasteiger partial charge in [-0.25, -0.2) is 4.98 Å². The van der Waals surface area contributed by atoms with E-state index < -0.39 is 0 Å². The first kappa shape index (κ1) is 20.5. The van der Waals surface area contributed by atoms with Gasteiger partial charge in [0.2, 0.25) is 17.7 Å². The minimum absolute atomic E-state index is 0.0657. The van der Waals surface area contributed by atoms with Gasteiger partial charge >= 0.3 is 0 Å². The zero-order chi connectivity index (χ0) is 22.0. The minimum atomic E-state index is -0.217. The molecule has 0 bridgehead atoms. The largest absolute Gasteiger partial charge is 0.383 e. The van der Waals surface area contributed by atoms with Crippen LogP contribution in [0.4, 0.5) is 11.5 Å². The number of benzene rings is 1. The molecule has 1 fully saturated rings. The molecule has 3 aromatic rings. The van der Waals surface area contributed by atoms with Gasteiger partial charge in [0, 0.05) is 59.2 Å². The highest BCUT2D eigenvalue weighted by Gasteiger charge is 2.19. The summed E-state index contributed by atoms with van der Waals surface area (Å²) in [6.45, 7) is 2.48. The Morgan fingerprint density at radius 3 is 2.77 bits per heavy atom. The van der Waals surface area contributed by atoms with Crippen molar-refractivity contribution in [3.8, 4) is 11.1 Å². The van der Waals surface area contributed by atoms with E-state index in [0.29, 0.717) is 18.9 Å². The molecular weight excluding hydrogens is 414 g/mol. The quantitative estimate of drug-likeness (QED) is 0.544. The summed E-state index contributed by atoms with van der Waals surface area (Å²) in [6, 6.07) is 7.50. The van der Waals surface area contributed by atoms with Gasteiger partial charge in [0.1, 0.15) is 5.82 Å². The smallest absolute Gasteiger partial charge is 0.247 e. The summed E-state index contributed by atoms with van der Waals surface area (Å²) in [5, 5.41) is 8.28. The molecule has 4 rings (SSSR count). The third kappa shape index (κ3) is 4.41. The van der Waals surface area contributed by atoms with E-state index >= 15 is 0 Å². The van der Waals surface area contributed by atoms with Crippen LogP contribution >= 0.6 is 11.3 Å². The van der Waals surface area contributed by atoms with Crippen molar-refractivity contribution in [2.75, 3.05) is 30.7 Å². The normalized spacial score (nSPS) is 14.1. The molecule has 0 atom stereocenters. The monoisotopic (exact) mass is 435 g/mol. The molecule has 3 amide bonds. The molecule has 1 aromatic carbocycles. The predicted molar refractivity (Wildman–Crippen MR) is 122 cm³/mol. The fourth-order valence-electron chi connectivity index (χ4n) is 3.45. The summed E-state index contributed by atoms with van der Waals surface area (Å²) >= 11 is 1.52. The number of nitrogen functional groups attached to an aromatic ring is 1. The van der Waals surface area contributed by atoms with Gasteiger partial charge in [0.05, 0.1) is 6.54 Å². The number of nitrogens with zero attached hydrogens (tertiary/aromatic N) is 2. The van der Waals surface area contributed by atoms with Crippen LogP contribution in [-0.2, 0) is 14.4 Å². The van der Waals surface area contributed by atoms with Crippen LogP contribution in [0.3, 0.4) is 0 Å². The van der Waals surface area contributed by atoms with Gasteiger partial charge in [-0.2, -0.15) is 0 Å². The van der Waals surface area contributed by atoms with Crippen molar-refractivity contribution in [2.45, 2.75) is 6.92 Å². The molecule has 0 spiro atoms. The van der Waals surface area contributed by atoms with Crippen molar-refractivity contribution in [1.29, 1.82) is 0 Å². The lowest BCUT2D eigenvalue weighted by atomic mass is 10.0. The van der Waals surface area contributed by atoms with Crippen LogP contribution < -0.4 is 16.4 Å². The Balaban J connectivity index is 1.63. The van der Waals surface area contributed by atoms with Crippen LogP contribution in [0.25, 0.3) is 27.3 Å². The molecule has 2 aromatic heterocycles. The van der Waals surface area contributed by atoms with Crippen molar-refractivity contribution < 1.29 is 14.4 Å². The van der Waals surface area contributed by atoms with Crippen LogP contribution in [0.15, 0.2) is 41.9 Å². The van der Waals surface area contributed by atoms with Crippen molar-refractivity contribution in [2.24, 2.45) is 0 Å². The average molecular weight is 436 g/mol. The number of nitrogens with one attached hydrogen (secondary N) is 2. The highest BCUT2D eigenvalue weighted by Crippen LogP contribution is 2.39. The first-order valence-corrected chi connectivity index (χ1v) is 10.6. The van der Waals surface area contributed by atoms with Gasteiger partial charge < -0.3 is 21.3 Å². The number of carbonyl (C=O) groups is 3. The lowest BCUT2D eigenvalue weighted by molar-refractivity contribution is -0.134. The van der Waals surface area contributed by atoms with E-state index in [1.165, 1.54) is 29.2 Å². The van der Waals surface area contributed by atoms with E-state index in [9.17, 15) is 14.4 Å². The second-order valence-corrected chi connectivity index (χ2v) is 8.03. The molecule has 1 saturated heterocycles. The molecule has 0 saturated carbocycles. The van der Waals surface area contributed by atoms with Gasteiger partial charge in [0.15, 0.2) is 0 Å². The Hall–Kier alpha value is -3.72. The molecule has 0 radical (unpaired) electrons. The standard InChI is InChI=1S/C22H21N5O3S/c1-13(28)26-16-5-2-14(3-6-16)17-12-31-21-15(10-25-22(23)20(17)21)4-7-19(30)27-9-8-24-18(29)11-27/h2-7,10,12H,8-9,11H2,1H3,(H2,23,25)(H,24,29)(H,26,28). The number of fused-ring (bicyclic) bond motifs is 1. The SMILES string of the molecule is CC(=O)Nc1ccc(-c2csc3c(C=CC(=O)N4CCNC(=O)C4)cnc(N)c23)cc1. The van der Waals surface area contributed by atoms with Gasteiger partial charge in [-0.1, -0.05) is 12.1 Å². The number of aromatic nitrogens is 1. The molecule has 158 valence electrons. The summed E-state index contributed by atoms with van der Waals surface area (Å²) in [5.74, 6) is -0.0890. The summed E-state index contributed by atoms with van der Waals surface area (Å²) in [6.07, 6.45) is 4.82. The van der Waals surface area contributed by atoms with Gasteiger partial charge in [0.25, 0.3) is 0 Å². The Kier molecular flexibility index (Phi) is 5.68. The van der Waals surface area contributed by atoms with Crippen molar-refractivity contribution in [3.05, 3.63) is 47.5 Å². The van der Waals surface area contributed by atoms with E-state index in [4.69, 9.17) is 5.73 Å². The Labute approximate surface area is 182 Å². The molecule has 1 aliphatic heterocycles. The molecule has 9 heteroatoms. The maximum atomic E-state index is 12.4. The highest BCUT2D eigenvalue weighted by molar-refractivity contribution is 7.18.